The van der Waals surface area contributed by atoms with Gasteiger partial charge in [0.1, 0.15) is 18.1 Å². The van der Waals surface area contributed by atoms with Crippen LogP contribution in [0.15, 0.2) is 79.0 Å². The van der Waals surface area contributed by atoms with Crippen LogP contribution in [-0.4, -0.2) is 59.2 Å². The fourth-order valence-corrected chi connectivity index (χ4v) is 4.95. The van der Waals surface area contributed by atoms with Gasteiger partial charge in [-0.15, -0.1) is 0 Å². The Kier molecular flexibility index (Phi) is 8.97. The number of carbonyl (C=O) groups is 2. The van der Waals surface area contributed by atoms with Gasteiger partial charge in [0.05, 0.1) is 18.9 Å². The van der Waals surface area contributed by atoms with Crippen molar-refractivity contribution in [3.05, 3.63) is 95.9 Å². The number of amides is 2. The van der Waals surface area contributed by atoms with E-state index in [1.54, 1.807) is 7.11 Å². The van der Waals surface area contributed by atoms with Crippen LogP contribution in [0.5, 0.6) is 5.75 Å². The molecule has 1 N–H and O–H groups in total. The maximum Gasteiger partial charge on any atom is 0.254 e. The molecule has 4 aromatic rings. The first-order valence-electron chi connectivity index (χ1n) is 14.1. The second kappa shape index (κ2) is 13.0. The second-order valence-corrected chi connectivity index (χ2v) is 10.7. The lowest BCUT2D eigenvalue weighted by atomic mass is 10.0. The van der Waals surface area contributed by atoms with Crippen molar-refractivity contribution < 1.29 is 23.5 Å². The normalized spacial score (nSPS) is 14.6. The number of hydrogen-bond donors (Lipinski definition) is 1. The first-order valence-corrected chi connectivity index (χ1v) is 14.1. The molecule has 0 unspecified atom stereocenters. The molecular weight excluding hydrogens is 535 g/mol. The van der Waals surface area contributed by atoms with Gasteiger partial charge in [-0.3, -0.25) is 19.5 Å². The van der Waals surface area contributed by atoms with Gasteiger partial charge in [0.15, 0.2) is 0 Å². The maximum absolute atomic E-state index is 13.5. The van der Waals surface area contributed by atoms with E-state index in [9.17, 15) is 14.0 Å². The third-order valence-electron chi connectivity index (χ3n) is 7.34. The van der Waals surface area contributed by atoms with Gasteiger partial charge in [-0.05, 0) is 85.0 Å². The van der Waals surface area contributed by atoms with E-state index in [0.717, 1.165) is 29.8 Å². The molecule has 5 rings (SSSR count). The van der Waals surface area contributed by atoms with Crippen LogP contribution in [0.4, 0.5) is 10.3 Å². The van der Waals surface area contributed by atoms with Crippen LogP contribution in [0.3, 0.4) is 0 Å². The predicted molar refractivity (Wildman–Crippen MR) is 160 cm³/mol. The summed E-state index contributed by atoms with van der Waals surface area (Å²) in [7, 11) is 1.61. The van der Waals surface area contributed by atoms with Crippen LogP contribution in [0, 0.1) is 5.82 Å². The number of rotatable bonds is 10. The third kappa shape index (κ3) is 6.86. The van der Waals surface area contributed by atoms with E-state index in [-0.39, 0.29) is 25.1 Å². The van der Waals surface area contributed by atoms with Gasteiger partial charge in [0, 0.05) is 36.2 Å². The number of hydrogen-bond acceptors (Lipinski definition) is 5. The lowest BCUT2D eigenvalue weighted by Gasteiger charge is -2.25. The number of anilines is 1. The highest BCUT2D eigenvalue weighted by Gasteiger charge is 2.26. The minimum atomic E-state index is -0.434. The summed E-state index contributed by atoms with van der Waals surface area (Å²) in [5.74, 6) is 0.227. The van der Waals surface area contributed by atoms with Crippen LogP contribution in [0.1, 0.15) is 48.5 Å². The van der Waals surface area contributed by atoms with Crippen molar-refractivity contribution in [3.8, 4) is 22.7 Å². The van der Waals surface area contributed by atoms with E-state index >= 15 is 0 Å². The Morgan fingerprint density at radius 2 is 1.79 bits per heavy atom. The standard InChI is InChI=1S/C33H35FN4O4/c1-22(2)23-8-14-27(15-9-23)38-20-30(24-10-16-28(41-3)17-11-24)35-33(38)36-31(39)21-37(19-29-5-4-18-42-29)32(40)25-6-12-26(34)13-7-25/h6-17,20,22,29H,4-5,18-19,21H2,1-3H3,(H,35,36,39)/t29-/m0/s1. The van der Waals surface area contributed by atoms with Crippen molar-refractivity contribution in [1.82, 2.24) is 14.5 Å². The van der Waals surface area contributed by atoms with Crippen LogP contribution in [-0.2, 0) is 9.53 Å². The molecule has 1 fully saturated rings. The first kappa shape index (κ1) is 29.0. The zero-order valence-electron chi connectivity index (χ0n) is 24.0. The molecule has 1 aliphatic heterocycles. The maximum atomic E-state index is 13.5. The van der Waals surface area contributed by atoms with Gasteiger partial charge < -0.3 is 14.4 Å². The van der Waals surface area contributed by atoms with E-state index < -0.39 is 11.7 Å². The number of halogens is 1. The van der Waals surface area contributed by atoms with Crippen molar-refractivity contribution in [2.75, 3.05) is 32.1 Å². The van der Waals surface area contributed by atoms with Crippen molar-refractivity contribution in [3.63, 3.8) is 0 Å². The number of benzene rings is 3. The number of methoxy groups -OCH3 is 1. The SMILES string of the molecule is COc1ccc(-c2cn(-c3ccc(C(C)C)cc3)c(NC(=O)CN(C[C@@H]3CCCO3)C(=O)c3ccc(F)cc3)n2)cc1. The van der Waals surface area contributed by atoms with Gasteiger partial charge in [-0.1, -0.05) is 26.0 Å². The molecule has 8 nitrogen and oxygen atoms in total. The Balaban J connectivity index is 1.42. The molecule has 1 atom stereocenters. The fraction of sp³-hybridized carbons (Fsp3) is 0.303. The van der Waals surface area contributed by atoms with Gasteiger partial charge in [0.25, 0.3) is 5.91 Å². The summed E-state index contributed by atoms with van der Waals surface area (Å²) in [6.07, 6.45) is 3.41. The van der Waals surface area contributed by atoms with E-state index in [0.29, 0.717) is 29.7 Å². The summed E-state index contributed by atoms with van der Waals surface area (Å²) in [5.41, 5.74) is 3.86. The Labute approximate surface area is 245 Å². The number of nitrogens with zero attached hydrogens (tertiary/aromatic N) is 3. The fourth-order valence-electron chi connectivity index (χ4n) is 4.95. The molecule has 218 valence electrons. The van der Waals surface area contributed by atoms with Crippen LogP contribution >= 0.6 is 0 Å². The van der Waals surface area contributed by atoms with Crippen molar-refractivity contribution in [2.45, 2.75) is 38.7 Å². The molecule has 0 saturated carbocycles. The number of carbonyl (C=O) groups excluding carboxylic acids is 2. The largest absolute Gasteiger partial charge is 0.497 e. The molecule has 3 aromatic carbocycles. The van der Waals surface area contributed by atoms with Crippen molar-refractivity contribution in [2.24, 2.45) is 0 Å². The number of imidazole rings is 1. The summed E-state index contributed by atoms with van der Waals surface area (Å²) in [4.78, 5) is 33.1. The molecule has 2 amide bonds. The highest BCUT2D eigenvalue weighted by atomic mass is 19.1. The molecular formula is C33H35FN4O4. The zero-order chi connectivity index (χ0) is 29.6. The molecule has 9 heteroatoms. The zero-order valence-corrected chi connectivity index (χ0v) is 24.0. The summed E-state index contributed by atoms with van der Waals surface area (Å²) < 4.78 is 26.4. The average Bonchev–Trinajstić information content (AvgIpc) is 3.67. The van der Waals surface area contributed by atoms with Gasteiger partial charge in [-0.2, -0.15) is 0 Å². The minimum absolute atomic E-state index is 0.162. The highest BCUT2D eigenvalue weighted by molar-refractivity contribution is 5.99. The van der Waals surface area contributed by atoms with Crippen LogP contribution in [0.2, 0.25) is 0 Å². The smallest absolute Gasteiger partial charge is 0.254 e. The molecule has 0 bridgehead atoms. The minimum Gasteiger partial charge on any atom is -0.497 e. The van der Waals surface area contributed by atoms with Crippen LogP contribution < -0.4 is 10.1 Å². The molecule has 1 aliphatic rings. The number of ether oxygens (including phenoxy) is 2. The lowest BCUT2D eigenvalue weighted by molar-refractivity contribution is -0.117. The van der Waals surface area contributed by atoms with E-state index in [2.05, 4.69) is 31.3 Å². The molecule has 42 heavy (non-hydrogen) atoms. The van der Waals surface area contributed by atoms with Crippen molar-refractivity contribution in [1.29, 1.82) is 0 Å². The summed E-state index contributed by atoms with van der Waals surface area (Å²) in [6, 6.07) is 20.9. The lowest BCUT2D eigenvalue weighted by Crippen LogP contribution is -2.42. The Morgan fingerprint density at radius 3 is 2.40 bits per heavy atom. The van der Waals surface area contributed by atoms with Gasteiger partial charge >= 0.3 is 0 Å². The summed E-state index contributed by atoms with van der Waals surface area (Å²) in [6.45, 7) is 4.93. The highest BCUT2D eigenvalue weighted by Crippen LogP contribution is 2.27. The molecule has 0 radical (unpaired) electrons. The van der Waals surface area contributed by atoms with Gasteiger partial charge in [0.2, 0.25) is 11.9 Å². The van der Waals surface area contributed by atoms with Crippen molar-refractivity contribution >= 4 is 17.8 Å². The Morgan fingerprint density at radius 1 is 1.07 bits per heavy atom. The third-order valence-corrected chi connectivity index (χ3v) is 7.34. The molecule has 0 spiro atoms. The van der Waals surface area contributed by atoms with Crippen LogP contribution in [0.25, 0.3) is 16.9 Å². The number of nitrogens with one attached hydrogen (secondary N) is 1. The topological polar surface area (TPSA) is 85.7 Å². The van der Waals surface area contributed by atoms with E-state index in [1.165, 1.54) is 34.7 Å². The molecule has 1 aromatic heterocycles. The van der Waals surface area contributed by atoms with Gasteiger partial charge in [-0.25, -0.2) is 9.37 Å². The monoisotopic (exact) mass is 570 g/mol. The van der Waals surface area contributed by atoms with E-state index in [4.69, 9.17) is 14.5 Å². The quantitative estimate of drug-likeness (QED) is 0.250. The first-order chi connectivity index (χ1) is 20.3. The Hall–Kier alpha value is -4.50. The summed E-state index contributed by atoms with van der Waals surface area (Å²) >= 11 is 0. The predicted octanol–water partition coefficient (Wildman–Crippen LogP) is 6.07. The molecule has 0 aliphatic carbocycles. The summed E-state index contributed by atoms with van der Waals surface area (Å²) in [5, 5.41) is 2.92. The average molecular weight is 571 g/mol. The van der Waals surface area contributed by atoms with E-state index in [1.807, 2.05) is 47.2 Å². The molecule has 2 heterocycles. The Bertz CT molecular complexity index is 1510. The number of aromatic nitrogens is 2. The molecule has 1 saturated heterocycles. The second-order valence-electron chi connectivity index (χ2n) is 10.7.